The number of aromatic nitrogens is 1. The third-order valence-corrected chi connectivity index (χ3v) is 3.65. The maximum atomic E-state index is 11.7. The van der Waals surface area contributed by atoms with Gasteiger partial charge >= 0.3 is 12.1 Å². The Labute approximate surface area is 128 Å². The first-order valence-electron chi connectivity index (χ1n) is 6.58. The predicted molar refractivity (Wildman–Crippen MR) is 80.6 cm³/mol. The van der Waals surface area contributed by atoms with Gasteiger partial charge in [0.15, 0.2) is 6.04 Å². The third kappa shape index (κ3) is 5.34. The highest BCUT2D eigenvalue weighted by Crippen LogP contribution is 2.28. The number of nitrogens with zero attached hydrogens (tertiary/aromatic N) is 1. The zero-order valence-corrected chi connectivity index (χ0v) is 14.0. The molecule has 0 aromatic carbocycles. The van der Waals surface area contributed by atoms with E-state index < -0.39 is 23.7 Å². The lowest BCUT2D eigenvalue weighted by molar-refractivity contribution is -0.139. The molecule has 118 valence electrons. The number of alkyl carbamates (subject to hydrolysis) is 1. The summed E-state index contributed by atoms with van der Waals surface area (Å²) in [5.74, 6) is -1.17. The SMILES string of the molecule is CC(C)(C)OC(=O)NC(C(=O)O)c1csc(C(C)(C)C)n1. The first-order valence-corrected chi connectivity index (χ1v) is 7.46. The number of aliphatic carboxylic acids is 1. The molecule has 1 heterocycles. The van der Waals surface area contributed by atoms with Crippen LogP contribution < -0.4 is 5.32 Å². The van der Waals surface area contributed by atoms with Gasteiger partial charge in [0.2, 0.25) is 0 Å². The highest BCUT2D eigenvalue weighted by atomic mass is 32.1. The zero-order valence-electron chi connectivity index (χ0n) is 13.2. The number of hydrogen-bond donors (Lipinski definition) is 2. The largest absolute Gasteiger partial charge is 0.479 e. The molecule has 6 nitrogen and oxygen atoms in total. The van der Waals surface area contributed by atoms with Gasteiger partial charge in [0.1, 0.15) is 5.60 Å². The van der Waals surface area contributed by atoms with Crippen molar-refractivity contribution >= 4 is 23.4 Å². The summed E-state index contributed by atoms with van der Waals surface area (Å²) in [6.07, 6.45) is -0.778. The van der Waals surface area contributed by atoms with Crippen molar-refractivity contribution in [2.75, 3.05) is 0 Å². The molecule has 0 saturated heterocycles. The standard InChI is InChI=1S/C14H22N2O4S/c1-13(2,3)11-15-8(7-21-11)9(10(17)18)16-12(19)20-14(4,5)6/h7,9H,1-6H3,(H,16,19)(H,17,18). The first kappa shape index (κ1) is 17.4. The fourth-order valence-corrected chi connectivity index (χ4v) is 2.38. The maximum Gasteiger partial charge on any atom is 0.408 e. The average molecular weight is 314 g/mol. The Morgan fingerprint density at radius 3 is 2.24 bits per heavy atom. The Bertz CT molecular complexity index is 526. The lowest BCUT2D eigenvalue weighted by Gasteiger charge is -2.21. The predicted octanol–water partition coefficient (Wildman–Crippen LogP) is 3.09. The molecular weight excluding hydrogens is 292 g/mol. The van der Waals surface area contributed by atoms with E-state index in [1.54, 1.807) is 26.2 Å². The number of nitrogens with one attached hydrogen (secondary N) is 1. The molecule has 0 aliphatic carbocycles. The number of ether oxygens (including phenoxy) is 1. The second-order valence-electron chi connectivity index (χ2n) is 6.75. The molecule has 0 spiro atoms. The minimum Gasteiger partial charge on any atom is -0.479 e. The summed E-state index contributed by atoms with van der Waals surface area (Å²) in [4.78, 5) is 27.4. The quantitative estimate of drug-likeness (QED) is 0.895. The molecule has 0 saturated carbocycles. The molecule has 21 heavy (non-hydrogen) atoms. The molecule has 1 atom stereocenters. The second-order valence-corrected chi connectivity index (χ2v) is 7.60. The summed E-state index contributed by atoms with van der Waals surface area (Å²) in [6, 6.07) is -1.22. The van der Waals surface area contributed by atoms with E-state index in [0.29, 0.717) is 5.69 Å². The first-order chi connectivity index (χ1) is 9.40. The van der Waals surface area contributed by atoms with Crippen molar-refractivity contribution in [2.24, 2.45) is 0 Å². The van der Waals surface area contributed by atoms with E-state index in [9.17, 15) is 14.7 Å². The number of rotatable bonds is 3. The highest BCUT2D eigenvalue weighted by Gasteiger charge is 2.29. The zero-order chi connectivity index (χ0) is 16.4. The van der Waals surface area contributed by atoms with Crippen LogP contribution >= 0.6 is 11.3 Å². The number of carbonyl (C=O) groups excluding carboxylic acids is 1. The van der Waals surface area contributed by atoms with Crippen LogP contribution in [0.5, 0.6) is 0 Å². The summed E-state index contributed by atoms with van der Waals surface area (Å²) in [5.41, 5.74) is -0.549. The minimum absolute atomic E-state index is 0.169. The van der Waals surface area contributed by atoms with Crippen molar-refractivity contribution < 1.29 is 19.4 Å². The maximum absolute atomic E-state index is 11.7. The van der Waals surface area contributed by atoms with Gasteiger partial charge < -0.3 is 15.2 Å². The van der Waals surface area contributed by atoms with Crippen molar-refractivity contribution in [3.8, 4) is 0 Å². The van der Waals surface area contributed by atoms with Gasteiger partial charge in [-0.15, -0.1) is 11.3 Å². The Morgan fingerprint density at radius 2 is 1.86 bits per heavy atom. The molecule has 7 heteroatoms. The van der Waals surface area contributed by atoms with E-state index in [1.165, 1.54) is 11.3 Å². The number of thiazole rings is 1. The number of carboxylic acids is 1. The molecule has 1 amide bonds. The summed E-state index contributed by atoms with van der Waals surface area (Å²) in [5, 5.41) is 14.1. The third-order valence-electron chi connectivity index (χ3n) is 2.37. The fourth-order valence-electron chi connectivity index (χ4n) is 1.45. The van der Waals surface area contributed by atoms with Crippen LogP contribution in [0.1, 0.15) is 58.3 Å². The van der Waals surface area contributed by atoms with Crippen molar-refractivity contribution in [1.82, 2.24) is 10.3 Å². The van der Waals surface area contributed by atoms with Gasteiger partial charge in [-0.2, -0.15) is 0 Å². The molecule has 1 unspecified atom stereocenters. The summed E-state index contributed by atoms with van der Waals surface area (Å²) in [6.45, 7) is 11.1. The van der Waals surface area contributed by atoms with Gasteiger partial charge in [-0.25, -0.2) is 14.6 Å². The van der Waals surface area contributed by atoms with Crippen molar-refractivity contribution in [3.63, 3.8) is 0 Å². The summed E-state index contributed by atoms with van der Waals surface area (Å²) < 4.78 is 5.08. The van der Waals surface area contributed by atoms with E-state index in [4.69, 9.17) is 4.74 Å². The van der Waals surface area contributed by atoms with Gasteiger partial charge in [0, 0.05) is 10.8 Å². The normalized spacial score (nSPS) is 13.6. The van der Waals surface area contributed by atoms with E-state index in [1.807, 2.05) is 20.8 Å². The van der Waals surface area contributed by atoms with Gasteiger partial charge in [0.25, 0.3) is 0 Å². The molecule has 2 N–H and O–H groups in total. The lowest BCUT2D eigenvalue weighted by atomic mass is 9.98. The molecule has 1 aromatic heterocycles. The number of amides is 1. The Balaban J connectivity index is 2.91. The number of carboxylic acid groups (broad SMARTS) is 1. The van der Waals surface area contributed by atoms with Crippen molar-refractivity contribution in [2.45, 2.75) is 58.6 Å². The van der Waals surface area contributed by atoms with Gasteiger partial charge in [-0.05, 0) is 20.8 Å². The lowest BCUT2D eigenvalue weighted by Crippen LogP contribution is -2.38. The van der Waals surface area contributed by atoms with Gasteiger partial charge in [0.05, 0.1) is 10.7 Å². The molecule has 0 aliphatic rings. The summed E-state index contributed by atoms with van der Waals surface area (Å²) >= 11 is 1.38. The molecular formula is C14H22N2O4S. The van der Waals surface area contributed by atoms with Crippen LogP contribution in [-0.4, -0.2) is 27.8 Å². The topological polar surface area (TPSA) is 88.5 Å². The number of hydrogen-bond acceptors (Lipinski definition) is 5. The second kappa shape index (κ2) is 6.01. The highest BCUT2D eigenvalue weighted by molar-refractivity contribution is 7.09. The van der Waals surface area contributed by atoms with E-state index in [-0.39, 0.29) is 5.41 Å². The van der Waals surface area contributed by atoms with E-state index in [2.05, 4.69) is 10.3 Å². The Kier molecular flexibility index (Phi) is 4.99. The molecule has 1 rings (SSSR count). The molecule has 0 fully saturated rings. The molecule has 0 bridgehead atoms. The Hall–Kier alpha value is -1.63. The van der Waals surface area contributed by atoms with Gasteiger partial charge in [-0.1, -0.05) is 20.8 Å². The van der Waals surface area contributed by atoms with Crippen molar-refractivity contribution in [3.05, 3.63) is 16.1 Å². The Morgan fingerprint density at radius 1 is 1.29 bits per heavy atom. The monoisotopic (exact) mass is 314 g/mol. The van der Waals surface area contributed by atoms with Crippen LogP contribution in [0.15, 0.2) is 5.38 Å². The average Bonchev–Trinajstić information content (AvgIpc) is 2.71. The molecule has 1 aromatic rings. The van der Waals surface area contributed by atoms with Crippen LogP contribution in [0.2, 0.25) is 0 Å². The fraction of sp³-hybridized carbons (Fsp3) is 0.643. The summed E-state index contributed by atoms with van der Waals surface area (Å²) in [7, 11) is 0. The molecule has 0 radical (unpaired) electrons. The van der Waals surface area contributed by atoms with Gasteiger partial charge in [-0.3, -0.25) is 0 Å². The van der Waals surface area contributed by atoms with Crippen LogP contribution in [0.25, 0.3) is 0 Å². The number of carbonyl (C=O) groups is 2. The van der Waals surface area contributed by atoms with E-state index in [0.717, 1.165) is 5.01 Å². The smallest absolute Gasteiger partial charge is 0.408 e. The van der Waals surface area contributed by atoms with Crippen LogP contribution in [0, 0.1) is 0 Å². The van der Waals surface area contributed by atoms with Crippen LogP contribution in [0.3, 0.4) is 0 Å². The van der Waals surface area contributed by atoms with Crippen molar-refractivity contribution in [1.29, 1.82) is 0 Å². The molecule has 0 aliphatic heterocycles. The minimum atomic E-state index is -1.22. The van der Waals surface area contributed by atoms with Crippen LogP contribution in [-0.2, 0) is 14.9 Å². The van der Waals surface area contributed by atoms with Crippen LogP contribution in [0.4, 0.5) is 4.79 Å². The van der Waals surface area contributed by atoms with E-state index >= 15 is 0 Å².